The summed E-state index contributed by atoms with van der Waals surface area (Å²) in [6.07, 6.45) is 5.71. The van der Waals surface area contributed by atoms with Gasteiger partial charge in [-0.3, -0.25) is 9.78 Å². The van der Waals surface area contributed by atoms with E-state index in [2.05, 4.69) is 18.8 Å². The quantitative estimate of drug-likeness (QED) is 0.776. The first kappa shape index (κ1) is 11.1. The molecule has 1 heterocycles. The Hall–Kier alpha value is -1.38. The van der Waals surface area contributed by atoms with Gasteiger partial charge in [0.25, 0.3) is 0 Å². The lowest BCUT2D eigenvalue weighted by Gasteiger charge is -2.26. The molecule has 1 aromatic rings. The van der Waals surface area contributed by atoms with Crippen LogP contribution in [0.1, 0.15) is 32.3 Å². The molecule has 1 aliphatic carbocycles. The Kier molecular flexibility index (Phi) is 3.22. The molecule has 0 saturated heterocycles. The van der Waals surface area contributed by atoms with Crippen molar-refractivity contribution in [3.8, 4) is 0 Å². The summed E-state index contributed by atoms with van der Waals surface area (Å²) in [5.41, 5.74) is 1.10. The number of carbonyl (C=O) groups is 1. The molecule has 3 heteroatoms. The Bertz CT molecular complexity index is 357. The van der Waals surface area contributed by atoms with Crippen LogP contribution in [0.5, 0.6) is 0 Å². The van der Waals surface area contributed by atoms with Gasteiger partial charge >= 0.3 is 0 Å². The van der Waals surface area contributed by atoms with E-state index in [9.17, 15) is 4.79 Å². The maximum atomic E-state index is 12.1. The predicted octanol–water partition coefficient (Wildman–Crippen LogP) is 2.23. The molecule has 0 unspecified atom stereocenters. The Labute approximate surface area is 96.5 Å². The number of aromatic nitrogens is 1. The lowest BCUT2D eigenvalue weighted by Crippen LogP contribution is -2.37. The van der Waals surface area contributed by atoms with E-state index in [1.807, 2.05) is 23.2 Å². The third kappa shape index (κ3) is 2.60. The first-order valence-corrected chi connectivity index (χ1v) is 5.88. The van der Waals surface area contributed by atoms with Crippen LogP contribution in [-0.2, 0) is 11.3 Å². The van der Waals surface area contributed by atoms with Crippen LogP contribution in [0.15, 0.2) is 24.5 Å². The SMILES string of the molecule is CC(C)N(Cc1cccnc1)C(=O)C1CC1. The van der Waals surface area contributed by atoms with Crippen molar-refractivity contribution in [3.63, 3.8) is 0 Å². The molecule has 0 aromatic carbocycles. The Morgan fingerprint density at radius 2 is 2.31 bits per heavy atom. The third-order valence-corrected chi connectivity index (χ3v) is 2.91. The molecule has 0 bridgehead atoms. The molecular weight excluding hydrogens is 200 g/mol. The Morgan fingerprint density at radius 3 is 2.81 bits per heavy atom. The topological polar surface area (TPSA) is 33.2 Å². The number of carbonyl (C=O) groups excluding carboxylic acids is 1. The van der Waals surface area contributed by atoms with Crippen molar-refractivity contribution < 1.29 is 4.79 Å². The van der Waals surface area contributed by atoms with Crippen LogP contribution in [0.3, 0.4) is 0 Å². The van der Waals surface area contributed by atoms with E-state index >= 15 is 0 Å². The van der Waals surface area contributed by atoms with Crippen molar-refractivity contribution in [2.45, 2.75) is 39.3 Å². The number of pyridine rings is 1. The number of rotatable bonds is 4. The van der Waals surface area contributed by atoms with E-state index in [1.54, 1.807) is 6.20 Å². The summed E-state index contributed by atoms with van der Waals surface area (Å²) < 4.78 is 0. The molecule has 1 saturated carbocycles. The van der Waals surface area contributed by atoms with Gasteiger partial charge < -0.3 is 4.90 Å². The Morgan fingerprint density at radius 1 is 1.56 bits per heavy atom. The summed E-state index contributed by atoms with van der Waals surface area (Å²) in [5.74, 6) is 0.595. The zero-order chi connectivity index (χ0) is 11.5. The predicted molar refractivity (Wildman–Crippen MR) is 62.6 cm³/mol. The lowest BCUT2D eigenvalue weighted by atomic mass is 10.2. The van der Waals surface area contributed by atoms with Crippen LogP contribution in [0, 0.1) is 5.92 Å². The van der Waals surface area contributed by atoms with Crippen molar-refractivity contribution in [1.82, 2.24) is 9.88 Å². The van der Waals surface area contributed by atoms with Gasteiger partial charge in [0.15, 0.2) is 0 Å². The minimum absolute atomic E-state index is 0.258. The molecule has 0 aliphatic heterocycles. The first-order valence-electron chi connectivity index (χ1n) is 5.88. The van der Waals surface area contributed by atoms with Crippen molar-refractivity contribution in [3.05, 3.63) is 30.1 Å². The van der Waals surface area contributed by atoms with Crippen molar-refractivity contribution >= 4 is 5.91 Å². The molecule has 0 atom stereocenters. The molecule has 1 aliphatic rings. The van der Waals surface area contributed by atoms with Crippen LogP contribution in [-0.4, -0.2) is 21.8 Å². The number of amides is 1. The highest BCUT2D eigenvalue weighted by molar-refractivity contribution is 5.81. The molecule has 1 amide bonds. The van der Waals surface area contributed by atoms with Crippen LogP contribution < -0.4 is 0 Å². The second-order valence-electron chi connectivity index (χ2n) is 4.70. The van der Waals surface area contributed by atoms with E-state index in [4.69, 9.17) is 0 Å². The summed E-state index contributed by atoms with van der Waals surface area (Å²) in [6.45, 7) is 4.81. The summed E-state index contributed by atoms with van der Waals surface area (Å²) in [6, 6.07) is 4.19. The van der Waals surface area contributed by atoms with Gasteiger partial charge in [-0.15, -0.1) is 0 Å². The number of hydrogen-bond acceptors (Lipinski definition) is 2. The van der Waals surface area contributed by atoms with Gasteiger partial charge in [0.1, 0.15) is 0 Å². The molecular formula is C13H18N2O. The highest BCUT2D eigenvalue weighted by Crippen LogP contribution is 2.32. The van der Waals surface area contributed by atoms with Gasteiger partial charge in [-0.05, 0) is 38.3 Å². The van der Waals surface area contributed by atoms with Crippen LogP contribution in [0.2, 0.25) is 0 Å². The van der Waals surface area contributed by atoms with E-state index < -0.39 is 0 Å². The molecule has 16 heavy (non-hydrogen) atoms. The molecule has 86 valence electrons. The molecule has 3 nitrogen and oxygen atoms in total. The van der Waals surface area contributed by atoms with Gasteiger partial charge in [0.2, 0.25) is 5.91 Å². The molecule has 0 radical (unpaired) electrons. The maximum Gasteiger partial charge on any atom is 0.226 e. The maximum absolute atomic E-state index is 12.1. The van der Waals surface area contributed by atoms with Crippen LogP contribution in [0.25, 0.3) is 0 Å². The second kappa shape index (κ2) is 4.64. The third-order valence-electron chi connectivity index (χ3n) is 2.91. The second-order valence-corrected chi connectivity index (χ2v) is 4.70. The molecule has 2 rings (SSSR count). The highest BCUT2D eigenvalue weighted by atomic mass is 16.2. The van der Waals surface area contributed by atoms with E-state index in [0.717, 1.165) is 18.4 Å². The largest absolute Gasteiger partial charge is 0.336 e. The summed E-state index contributed by atoms with van der Waals surface area (Å²) in [5, 5.41) is 0. The van der Waals surface area contributed by atoms with Gasteiger partial charge in [-0.1, -0.05) is 6.07 Å². The van der Waals surface area contributed by atoms with Crippen LogP contribution >= 0.6 is 0 Å². The Balaban J connectivity index is 2.05. The molecule has 1 aromatic heterocycles. The monoisotopic (exact) mass is 218 g/mol. The summed E-state index contributed by atoms with van der Waals surface area (Å²) >= 11 is 0. The summed E-state index contributed by atoms with van der Waals surface area (Å²) in [7, 11) is 0. The molecule has 0 spiro atoms. The minimum Gasteiger partial charge on any atom is -0.336 e. The molecule has 1 fully saturated rings. The molecule has 0 N–H and O–H groups in total. The van der Waals surface area contributed by atoms with E-state index in [1.165, 1.54) is 0 Å². The highest BCUT2D eigenvalue weighted by Gasteiger charge is 2.34. The normalized spacial score (nSPS) is 15.2. The minimum atomic E-state index is 0.258. The van der Waals surface area contributed by atoms with Gasteiger partial charge in [0.05, 0.1) is 0 Å². The van der Waals surface area contributed by atoms with Gasteiger partial charge in [0, 0.05) is 30.9 Å². The number of hydrogen-bond donors (Lipinski definition) is 0. The fourth-order valence-corrected chi connectivity index (χ4v) is 1.77. The lowest BCUT2D eigenvalue weighted by molar-refractivity contribution is -0.134. The van der Waals surface area contributed by atoms with Gasteiger partial charge in [-0.2, -0.15) is 0 Å². The fourth-order valence-electron chi connectivity index (χ4n) is 1.77. The van der Waals surface area contributed by atoms with Crippen molar-refractivity contribution in [2.75, 3.05) is 0 Å². The number of nitrogens with zero attached hydrogens (tertiary/aromatic N) is 2. The first-order chi connectivity index (χ1) is 7.68. The van der Waals surface area contributed by atoms with Crippen molar-refractivity contribution in [1.29, 1.82) is 0 Å². The average Bonchev–Trinajstić information content (AvgIpc) is 3.10. The standard InChI is InChI=1S/C13H18N2O/c1-10(2)15(13(16)12-5-6-12)9-11-4-3-7-14-8-11/h3-4,7-8,10,12H,5-6,9H2,1-2H3. The van der Waals surface area contributed by atoms with E-state index in [-0.39, 0.29) is 6.04 Å². The zero-order valence-electron chi connectivity index (χ0n) is 9.89. The van der Waals surface area contributed by atoms with Crippen LogP contribution in [0.4, 0.5) is 0 Å². The zero-order valence-corrected chi connectivity index (χ0v) is 9.89. The average molecular weight is 218 g/mol. The van der Waals surface area contributed by atoms with E-state index in [0.29, 0.717) is 18.4 Å². The smallest absolute Gasteiger partial charge is 0.226 e. The van der Waals surface area contributed by atoms with Gasteiger partial charge in [-0.25, -0.2) is 0 Å². The fraction of sp³-hybridized carbons (Fsp3) is 0.538. The van der Waals surface area contributed by atoms with Crippen molar-refractivity contribution in [2.24, 2.45) is 5.92 Å². The summed E-state index contributed by atoms with van der Waals surface area (Å²) in [4.78, 5) is 18.1.